The lowest BCUT2D eigenvalue weighted by Crippen LogP contribution is -2.21. The van der Waals surface area contributed by atoms with Crippen LogP contribution in [0, 0.1) is 11.6 Å². The van der Waals surface area contributed by atoms with Gasteiger partial charge in [-0.1, -0.05) is 19.4 Å². The standard InChI is InChI=1S/C20H20F5N3O3S/c1-3-4-16-13(5-7-17(27-16)20(23,24)25)6-8-18(29)26-11-12-9-14(21)19(15(22)10-12)28-32(2,30)31/h5-10,28H,3-4,11H2,1-2H3,(H,26,29). The minimum absolute atomic E-state index is 0.0312. The number of nitrogens with one attached hydrogen (secondary N) is 2. The normalized spacial score (nSPS) is 12.2. The van der Waals surface area contributed by atoms with Crippen LogP contribution < -0.4 is 10.0 Å². The molecule has 32 heavy (non-hydrogen) atoms. The average molecular weight is 477 g/mol. The minimum atomic E-state index is -4.58. The highest BCUT2D eigenvalue weighted by molar-refractivity contribution is 7.92. The molecular weight excluding hydrogens is 457 g/mol. The molecule has 6 nitrogen and oxygen atoms in total. The van der Waals surface area contributed by atoms with Crippen LogP contribution in [0.1, 0.15) is 35.9 Å². The monoisotopic (exact) mass is 477 g/mol. The summed E-state index contributed by atoms with van der Waals surface area (Å²) < 4.78 is 90.6. The number of carbonyl (C=O) groups excluding carboxylic acids is 1. The number of nitrogens with zero attached hydrogens (tertiary/aromatic N) is 1. The molecule has 0 aliphatic rings. The Morgan fingerprint density at radius 3 is 2.31 bits per heavy atom. The molecule has 1 aromatic carbocycles. The largest absolute Gasteiger partial charge is 0.433 e. The number of amides is 1. The molecule has 0 aliphatic heterocycles. The van der Waals surface area contributed by atoms with Gasteiger partial charge in [0.15, 0.2) is 11.6 Å². The molecule has 0 atom stereocenters. The molecule has 1 amide bonds. The van der Waals surface area contributed by atoms with Crippen molar-refractivity contribution in [1.29, 1.82) is 0 Å². The van der Waals surface area contributed by atoms with Crippen molar-refractivity contribution in [2.45, 2.75) is 32.5 Å². The SMILES string of the molecule is CCCc1nc(C(F)(F)F)ccc1C=CC(=O)NCc1cc(F)c(NS(C)(=O)=O)c(F)c1. The zero-order valence-corrected chi connectivity index (χ0v) is 17.9. The predicted octanol–water partition coefficient (Wildman–Crippen LogP) is 4.03. The van der Waals surface area contributed by atoms with Crippen molar-refractivity contribution >= 4 is 27.7 Å². The van der Waals surface area contributed by atoms with Gasteiger partial charge in [0.2, 0.25) is 15.9 Å². The van der Waals surface area contributed by atoms with Crippen molar-refractivity contribution < 1.29 is 35.2 Å². The molecule has 2 rings (SSSR count). The number of benzene rings is 1. The Labute approximate surface area is 181 Å². The van der Waals surface area contributed by atoms with Crippen molar-refractivity contribution in [1.82, 2.24) is 10.3 Å². The molecule has 2 N–H and O–H groups in total. The van der Waals surface area contributed by atoms with Gasteiger partial charge < -0.3 is 5.32 Å². The molecule has 12 heteroatoms. The zero-order chi connectivity index (χ0) is 24.1. The number of carbonyl (C=O) groups is 1. The molecule has 2 aromatic rings. The van der Waals surface area contributed by atoms with Crippen molar-refractivity contribution in [3.05, 3.63) is 64.5 Å². The van der Waals surface area contributed by atoms with E-state index in [-0.39, 0.29) is 24.2 Å². The molecule has 0 aliphatic carbocycles. The van der Waals surface area contributed by atoms with Crippen LogP contribution in [-0.4, -0.2) is 25.6 Å². The van der Waals surface area contributed by atoms with Gasteiger partial charge in [-0.2, -0.15) is 13.2 Å². The first-order chi connectivity index (χ1) is 14.8. The van der Waals surface area contributed by atoms with Gasteiger partial charge in [0.1, 0.15) is 11.4 Å². The Balaban J connectivity index is 2.10. The van der Waals surface area contributed by atoms with E-state index in [0.717, 1.165) is 30.5 Å². The summed E-state index contributed by atoms with van der Waals surface area (Å²) in [5, 5.41) is 2.38. The molecule has 0 saturated heterocycles. The molecule has 0 saturated carbocycles. The number of hydrogen-bond acceptors (Lipinski definition) is 4. The Kier molecular flexibility index (Phi) is 7.94. The van der Waals surface area contributed by atoms with E-state index in [2.05, 4.69) is 10.3 Å². The molecular formula is C20H20F5N3O3S. The highest BCUT2D eigenvalue weighted by Gasteiger charge is 2.32. The van der Waals surface area contributed by atoms with Gasteiger partial charge in [0.25, 0.3) is 0 Å². The van der Waals surface area contributed by atoms with E-state index in [9.17, 15) is 35.2 Å². The van der Waals surface area contributed by atoms with Crippen molar-refractivity contribution in [3.63, 3.8) is 0 Å². The third-order valence-corrected chi connectivity index (χ3v) is 4.63. The lowest BCUT2D eigenvalue weighted by molar-refractivity contribution is -0.141. The van der Waals surface area contributed by atoms with Gasteiger partial charge in [-0.15, -0.1) is 0 Å². The fourth-order valence-corrected chi connectivity index (χ4v) is 3.25. The summed E-state index contributed by atoms with van der Waals surface area (Å²) in [7, 11) is -3.89. The summed E-state index contributed by atoms with van der Waals surface area (Å²) in [6.07, 6.45) is -0.659. The van der Waals surface area contributed by atoms with Gasteiger partial charge in [0, 0.05) is 18.3 Å². The van der Waals surface area contributed by atoms with E-state index >= 15 is 0 Å². The van der Waals surface area contributed by atoms with Gasteiger partial charge in [-0.3, -0.25) is 9.52 Å². The second kappa shape index (κ2) is 10.1. The maximum Gasteiger partial charge on any atom is 0.433 e. The minimum Gasteiger partial charge on any atom is -0.348 e. The Bertz CT molecular complexity index is 1110. The first-order valence-electron chi connectivity index (χ1n) is 9.29. The summed E-state index contributed by atoms with van der Waals surface area (Å²) in [5.74, 6) is -2.97. The van der Waals surface area contributed by atoms with E-state index in [1.807, 2.05) is 0 Å². The molecule has 174 valence electrons. The van der Waals surface area contributed by atoms with Crippen LogP contribution in [0.15, 0.2) is 30.3 Å². The number of aryl methyl sites for hydroxylation is 1. The number of pyridine rings is 1. The first-order valence-corrected chi connectivity index (χ1v) is 11.2. The third-order valence-electron chi connectivity index (χ3n) is 4.06. The number of hydrogen-bond donors (Lipinski definition) is 2. The summed E-state index contributed by atoms with van der Waals surface area (Å²) in [4.78, 5) is 15.7. The molecule has 0 radical (unpaired) electrons. The topological polar surface area (TPSA) is 88.2 Å². The lowest BCUT2D eigenvalue weighted by atomic mass is 10.1. The zero-order valence-electron chi connectivity index (χ0n) is 17.1. The number of sulfonamides is 1. The molecule has 0 unspecified atom stereocenters. The Morgan fingerprint density at radius 1 is 1.16 bits per heavy atom. The summed E-state index contributed by atoms with van der Waals surface area (Å²) in [5.41, 5.74) is -1.31. The molecule has 1 heterocycles. The van der Waals surface area contributed by atoms with E-state index in [1.165, 1.54) is 12.1 Å². The van der Waals surface area contributed by atoms with Crippen molar-refractivity contribution in [2.24, 2.45) is 0 Å². The van der Waals surface area contributed by atoms with Crippen LogP contribution in [0.2, 0.25) is 0 Å². The van der Waals surface area contributed by atoms with Crippen molar-refractivity contribution in [2.75, 3.05) is 11.0 Å². The number of anilines is 1. The summed E-state index contributed by atoms with van der Waals surface area (Å²) >= 11 is 0. The van der Waals surface area contributed by atoms with E-state index < -0.39 is 45.1 Å². The quantitative estimate of drug-likeness (QED) is 0.444. The number of alkyl halides is 3. The Morgan fingerprint density at radius 2 is 1.78 bits per heavy atom. The third kappa shape index (κ3) is 7.29. The Hall–Kier alpha value is -3.02. The second-order valence-corrected chi connectivity index (χ2v) is 8.59. The average Bonchev–Trinajstić information content (AvgIpc) is 2.67. The van der Waals surface area contributed by atoms with Gasteiger partial charge in [-0.05, 0) is 41.8 Å². The van der Waals surface area contributed by atoms with Gasteiger partial charge in [0.05, 0.1) is 6.26 Å². The van der Waals surface area contributed by atoms with E-state index in [4.69, 9.17) is 0 Å². The highest BCUT2D eigenvalue weighted by Crippen LogP contribution is 2.29. The van der Waals surface area contributed by atoms with Gasteiger partial charge >= 0.3 is 6.18 Å². The molecule has 0 bridgehead atoms. The lowest BCUT2D eigenvalue weighted by Gasteiger charge is -2.10. The maximum atomic E-state index is 14.0. The van der Waals surface area contributed by atoms with Crippen LogP contribution in [-0.2, 0) is 34.0 Å². The van der Waals surface area contributed by atoms with Crippen LogP contribution in [0.5, 0.6) is 0 Å². The first kappa shape index (κ1) is 25.2. The van der Waals surface area contributed by atoms with Crippen molar-refractivity contribution in [3.8, 4) is 0 Å². The van der Waals surface area contributed by atoms with Crippen LogP contribution in [0.3, 0.4) is 0 Å². The summed E-state index contributed by atoms with van der Waals surface area (Å²) in [6, 6.07) is 3.75. The fraction of sp³-hybridized carbons (Fsp3) is 0.300. The highest BCUT2D eigenvalue weighted by atomic mass is 32.2. The molecule has 0 fully saturated rings. The van der Waals surface area contributed by atoms with E-state index in [0.29, 0.717) is 12.0 Å². The fourth-order valence-electron chi connectivity index (χ4n) is 2.68. The maximum absolute atomic E-state index is 14.0. The van der Waals surface area contributed by atoms with Gasteiger partial charge in [-0.25, -0.2) is 22.2 Å². The number of aromatic nitrogens is 1. The number of rotatable bonds is 8. The smallest absolute Gasteiger partial charge is 0.348 e. The molecule has 1 aromatic heterocycles. The summed E-state index contributed by atoms with van der Waals surface area (Å²) in [6.45, 7) is 1.50. The van der Waals surface area contributed by atoms with Crippen LogP contribution >= 0.6 is 0 Å². The van der Waals surface area contributed by atoms with Crippen LogP contribution in [0.25, 0.3) is 6.08 Å². The second-order valence-electron chi connectivity index (χ2n) is 6.84. The van der Waals surface area contributed by atoms with Crippen LogP contribution in [0.4, 0.5) is 27.6 Å². The number of halogens is 5. The molecule has 0 spiro atoms. The predicted molar refractivity (Wildman–Crippen MR) is 109 cm³/mol. The van der Waals surface area contributed by atoms with E-state index in [1.54, 1.807) is 11.6 Å².